The number of nitrogens with one attached hydrogen (secondary N) is 1. The van der Waals surface area contributed by atoms with Gasteiger partial charge in [-0.2, -0.15) is 0 Å². The molecule has 0 aliphatic rings. The molecule has 0 aliphatic heterocycles. The van der Waals surface area contributed by atoms with Gasteiger partial charge in [-0.3, -0.25) is 14.4 Å². The van der Waals surface area contributed by atoms with Gasteiger partial charge >= 0.3 is 17.9 Å². The number of carboxylic acids is 1. The molecule has 1 heterocycles. The predicted octanol–water partition coefficient (Wildman–Crippen LogP) is 1.02. The number of methoxy groups -OCH3 is 2. The Morgan fingerprint density at radius 2 is 1.61 bits per heavy atom. The second kappa shape index (κ2) is 8.94. The molecule has 2 aromatic rings. The quantitative estimate of drug-likeness (QED) is 0.531. The summed E-state index contributed by atoms with van der Waals surface area (Å²) in [7, 11) is 2.14. The molecular weight excluding hydrogens is 368 g/mol. The largest absolute Gasteiger partial charge is 0.480 e. The van der Waals surface area contributed by atoms with Gasteiger partial charge in [-0.1, -0.05) is 31.2 Å². The zero-order valence-corrected chi connectivity index (χ0v) is 15.5. The molecule has 9 nitrogen and oxygen atoms in total. The van der Waals surface area contributed by atoms with Gasteiger partial charge in [0.2, 0.25) is 0 Å². The van der Waals surface area contributed by atoms with Crippen LogP contribution >= 0.6 is 0 Å². The number of rotatable bonds is 7. The SMILES string of the molecule is COC(=O)C(C(=O)OC)C(C)C(NC(=O)c1ccc2ccccc2n1)C(=O)O. The number of fused-ring (bicyclic) bond motifs is 1. The van der Waals surface area contributed by atoms with E-state index in [-0.39, 0.29) is 5.69 Å². The van der Waals surface area contributed by atoms with Gasteiger partial charge in [-0.15, -0.1) is 0 Å². The highest BCUT2D eigenvalue weighted by Gasteiger charge is 2.42. The van der Waals surface area contributed by atoms with Gasteiger partial charge in [0.1, 0.15) is 11.7 Å². The van der Waals surface area contributed by atoms with E-state index in [1.807, 2.05) is 12.1 Å². The topological polar surface area (TPSA) is 132 Å². The third-order valence-electron chi connectivity index (χ3n) is 4.35. The maximum Gasteiger partial charge on any atom is 0.326 e. The van der Waals surface area contributed by atoms with Crippen molar-refractivity contribution in [3.8, 4) is 0 Å². The number of hydrogen-bond acceptors (Lipinski definition) is 7. The van der Waals surface area contributed by atoms with Gasteiger partial charge in [0.15, 0.2) is 5.92 Å². The number of hydrogen-bond donors (Lipinski definition) is 2. The third-order valence-corrected chi connectivity index (χ3v) is 4.35. The van der Waals surface area contributed by atoms with E-state index in [1.165, 1.54) is 13.0 Å². The number of ether oxygens (including phenoxy) is 2. The minimum atomic E-state index is -1.55. The minimum absolute atomic E-state index is 0.00448. The Bertz CT molecular complexity index is 896. The second-order valence-corrected chi connectivity index (χ2v) is 6.06. The van der Waals surface area contributed by atoms with E-state index in [1.54, 1.807) is 18.2 Å². The van der Waals surface area contributed by atoms with E-state index in [2.05, 4.69) is 19.8 Å². The molecule has 2 unspecified atom stereocenters. The summed E-state index contributed by atoms with van der Waals surface area (Å²) < 4.78 is 9.13. The van der Waals surface area contributed by atoms with Crippen LogP contribution in [0.1, 0.15) is 17.4 Å². The van der Waals surface area contributed by atoms with Crippen LogP contribution in [0.25, 0.3) is 10.9 Å². The van der Waals surface area contributed by atoms with E-state index in [4.69, 9.17) is 0 Å². The molecule has 1 amide bonds. The van der Waals surface area contributed by atoms with Crippen molar-refractivity contribution in [3.63, 3.8) is 0 Å². The zero-order chi connectivity index (χ0) is 20.8. The van der Waals surface area contributed by atoms with Crippen LogP contribution < -0.4 is 5.32 Å². The van der Waals surface area contributed by atoms with Crippen LogP contribution in [-0.4, -0.2) is 54.2 Å². The molecule has 28 heavy (non-hydrogen) atoms. The summed E-state index contributed by atoms with van der Waals surface area (Å²) in [6.07, 6.45) is 0. The summed E-state index contributed by atoms with van der Waals surface area (Å²) >= 11 is 0. The lowest BCUT2D eigenvalue weighted by Gasteiger charge is -2.25. The van der Waals surface area contributed by atoms with Crippen LogP contribution in [0, 0.1) is 11.8 Å². The minimum Gasteiger partial charge on any atom is -0.480 e. The average Bonchev–Trinajstić information content (AvgIpc) is 2.70. The first-order chi connectivity index (χ1) is 13.3. The third kappa shape index (κ3) is 4.43. The highest BCUT2D eigenvalue weighted by atomic mass is 16.5. The standard InChI is InChI=1S/C19H20N2O7/c1-10(14(18(25)27-2)19(26)28-3)15(17(23)24)21-16(22)13-9-8-11-6-4-5-7-12(11)20-13/h4-10,14-15H,1-3H3,(H,21,22)(H,23,24). The Hall–Kier alpha value is -3.49. The Morgan fingerprint density at radius 1 is 1.00 bits per heavy atom. The normalized spacial score (nSPS) is 12.9. The lowest BCUT2D eigenvalue weighted by Crippen LogP contribution is -2.50. The number of carbonyl (C=O) groups is 4. The number of aliphatic carboxylic acids is 1. The molecule has 0 radical (unpaired) electrons. The van der Waals surface area contributed by atoms with E-state index in [0.29, 0.717) is 5.52 Å². The van der Waals surface area contributed by atoms with Crippen LogP contribution in [0.15, 0.2) is 36.4 Å². The average molecular weight is 388 g/mol. The van der Waals surface area contributed by atoms with Crippen molar-refractivity contribution in [2.24, 2.45) is 11.8 Å². The molecule has 2 N–H and O–H groups in total. The Kier molecular flexibility index (Phi) is 6.64. The molecule has 2 atom stereocenters. The van der Waals surface area contributed by atoms with Gasteiger partial charge < -0.3 is 19.9 Å². The zero-order valence-electron chi connectivity index (χ0n) is 15.5. The Balaban J connectivity index is 2.29. The predicted molar refractivity (Wildman–Crippen MR) is 97.3 cm³/mol. The highest BCUT2D eigenvalue weighted by molar-refractivity contribution is 5.99. The fourth-order valence-corrected chi connectivity index (χ4v) is 2.80. The number of carboxylic acid groups (broad SMARTS) is 1. The van der Waals surface area contributed by atoms with Gasteiger partial charge in [0.25, 0.3) is 5.91 Å². The number of benzene rings is 1. The molecule has 1 aromatic carbocycles. The maximum atomic E-state index is 12.5. The summed E-state index contributed by atoms with van der Waals surface area (Å²) in [6, 6.07) is 8.71. The number of para-hydroxylation sites is 1. The van der Waals surface area contributed by atoms with Crippen LogP contribution in [-0.2, 0) is 23.9 Å². The van der Waals surface area contributed by atoms with Gasteiger partial charge in [0.05, 0.1) is 19.7 Å². The first-order valence-corrected chi connectivity index (χ1v) is 8.35. The summed E-state index contributed by atoms with van der Waals surface area (Å²) in [6.45, 7) is 1.34. The lowest BCUT2D eigenvalue weighted by atomic mass is 9.87. The molecule has 2 rings (SSSR count). The number of esters is 2. The van der Waals surface area contributed by atoms with Crippen molar-refractivity contribution in [1.82, 2.24) is 10.3 Å². The number of carbonyl (C=O) groups excluding carboxylic acids is 3. The molecule has 148 valence electrons. The molecule has 0 spiro atoms. The van der Waals surface area contributed by atoms with E-state index < -0.39 is 41.7 Å². The van der Waals surface area contributed by atoms with Crippen LogP contribution in [0.2, 0.25) is 0 Å². The van der Waals surface area contributed by atoms with Crippen molar-refractivity contribution in [1.29, 1.82) is 0 Å². The summed E-state index contributed by atoms with van der Waals surface area (Å²) in [4.78, 5) is 52.3. The maximum absolute atomic E-state index is 12.5. The van der Waals surface area contributed by atoms with E-state index in [0.717, 1.165) is 19.6 Å². The summed E-state index contributed by atoms with van der Waals surface area (Å²) in [5.41, 5.74) is 0.571. The number of aromatic nitrogens is 1. The fourth-order valence-electron chi connectivity index (χ4n) is 2.80. The van der Waals surface area contributed by atoms with Crippen molar-refractivity contribution < 1.29 is 33.8 Å². The van der Waals surface area contributed by atoms with Crippen LogP contribution in [0.4, 0.5) is 0 Å². The molecular formula is C19H20N2O7. The molecule has 0 bridgehead atoms. The molecule has 9 heteroatoms. The number of pyridine rings is 1. The number of amides is 1. The van der Waals surface area contributed by atoms with Gasteiger partial charge in [-0.05, 0) is 12.1 Å². The van der Waals surface area contributed by atoms with Crippen LogP contribution in [0.3, 0.4) is 0 Å². The first kappa shape index (κ1) is 20.8. The smallest absolute Gasteiger partial charge is 0.326 e. The van der Waals surface area contributed by atoms with Crippen molar-refractivity contribution in [3.05, 3.63) is 42.1 Å². The fraction of sp³-hybridized carbons (Fsp3) is 0.316. The number of nitrogens with zero attached hydrogens (tertiary/aromatic N) is 1. The van der Waals surface area contributed by atoms with Gasteiger partial charge in [0, 0.05) is 11.3 Å². The monoisotopic (exact) mass is 388 g/mol. The molecule has 1 aromatic heterocycles. The Morgan fingerprint density at radius 3 is 2.18 bits per heavy atom. The molecule has 0 fully saturated rings. The highest BCUT2D eigenvalue weighted by Crippen LogP contribution is 2.20. The second-order valence-electron chi connectivity index (χ2n) is 6.06. The molecule has 0 saturated carbocycles. The van der Waals surface area contributed by atoms with Gasteiger partial charge in [-0.25, -0.2) is 9.78 Å². The van der Waals surface area contributed by atoms with Crippen molar-refractivity contribution in [2.75, 3.05) is 14.2 Å². The first-order valence-electron chi connectivity index (χ1n) is 8.35. The van der Waals surface area contributed by atoms with E-state index >= 15 is 0 Å². The molecule has 0 aliphatic carbocycles. The van der Waals surface area contributed by atoms with Crippen molar-refractivity contribution in [2.45, 2.75) is 13.0 Å². The van der Waals surface area contributed by atoms with Crippen LogP contribution in [0.5, 0.6) is 0 Å². The van der Waals surface area contributed by atoms with Crippen molar-refractivity contribution >= 4 is 34.7 Å². The lowest BCUT2D eigenvalue weighted by molar-refractivity contribution is -0.162. The summed E-state index contributed by atoms with van der Waals surface area (Å²) in [5.74, 6) is -6.73. The van der Waals surface area contributed by atoms with E-state index in [9.17, 15) is 24.3 Å². The summed E-state index contributed by atoms with van der Waals surface area (Å²) in [5, 5.41) is 12.7. The molecule has 0 saturated heterocycles. The Labute approximate surface area is 160 Å².